The molecule has 0 aromatic rings. The van der Waals surface area contributed by atoms with E-state index in [2.05, 4.69) is 13.8 Å². The summed E-state index contributed by atoms with van der Waals surface area (Å²) in [7, 11) is 0. The summed E-state index contributed by atoms with van der Waals surface area (Å²) in [5, 5.41) is 20.5. The second-order valence-corrected chi connectivity index (χ2v) is 9.22. The first-order valence-corrected chi connectivity index (χ1v) is 9.31. The molecule has 0 unspecified atom stereocenters. The van der Waals surface area contributed by atoms with Crippen LogP contribution >= 0.6 is 0 Å². The van der Waals surface area contributed by atoms with E-state index in [1.807, 2.05) is 0 Å². The van der Waals surface area contributed by atoms with Crippen LogP contribution in [0, 0.1) is 34.5 Å². The summed E-state index contributed by atoms with van der Waals surface area (Å²) in [6.45, 7) is 4.90. The molecule has 2 heteroatoms. The van der Waals surface area contributed by atoms with Crippen molar-refractivity contribution in [2.24, 2.45) is 34.5 Å². The van der Waals surface area contributed by atoms with Gasteiger partial charge in [-0.3, -0.25) is 0 Å². The van der Waals surface area contributed by atoms with E-state index in [0.29, 0.717) is 5.41 Å². The van der Waals surface area contributed by atoms with Gasteiger partial charge < -0.3 is 10.2 Å². The van der Waals surface area contributed by atoms with Gasteiger partial charge in [0.05, 0.1) is 12.2 Å². The largest absolute Gasteiger partial charge is 0.393 e. The molecule has 4 aliphatic rings. The smallest absolute Gasteiger partial charge is 0.0596 e. The molecule has 0 saturated heterocycles. The Labute approximate surface area is 129 Å². The highest BCUT2D eigenvalue weighted by molar-refractivity contribution is 5.09. The molecule has 0 heterocycles. The molecule has 2 nitrogen and oxygen atoms in total. The molecule has 8 atom stereocenters. The normalized spacial score (nSPS) is 60.0. The van der Waals surface area contributed by atoms with Gasteiger partial charge in [-0.1, -0.05) is 13.8 Å². The van der Waals surface area contributed by atoms with E-state index in [1.54, 1.807) is 0 Å². The molecule has 2 N–H and O–H groups in total. The average Bonchev–Trinajstić information content (AvgIpc) is 2.76. The monoisotopic (exact) mass is 292 g/mol. The molecule has 0 radical (unpaired) electrons. The highest BCUT2D eigenvalue weighted by Gasteiger charge is 2.59. The van der Waals surface area contributed by atoms with Gasteiger partial charge >= 0.3 is 0 Å². The van der Waals surface area contributed by atoms with Crippen LogP contribution in [0.3, 0.4) is 0 Å². The summed E-state index contributed by atoms with van der Waals surface area (Å²) in [6, 6.07) is 0. The molecule has 120 valence electrons. The van der Waals surface area contributed by atoms with Gasteiger partial charge in [0.15, 0.2) is 0 Å². The lowest BCUT2D eigenvalue weighted by atomic mass is 9.45. The molecule has 0 amide bonds. The fourth-order valence-corrected chi connectivity index (χ4v) is 7.21. The van der Waals surface area contributed by atoms with Crippen LogP contribution in [0.2, 0.25) is 0 Å². The molecule has 0 aliphatic heterocycles. The van der Waals surface area contributed by atoms with E-state index in [9.17, 15) is 10.2 Å². The van der Waals surface area contributed by atoms with Gasteiger partial charge in [0.25, 0.3) is 0 Å². The molecule has 21 heavy (non-hydrogen) atoms. The van der Waals surface area contributed by atoms with Crippen LogP contribution < -0.4 is 0 Å². The fraction of sp³-hybridized carbons (Fsp3) is 1.00. The summed E-state index contributed by atoms with van der Waals surface area (Å²) >= 11 is 0. The second kappa shape index (κ2) is 4.71. The summed E-state index contributed by atoms with van der Waals surface area (Å²) in [6.07, 6.45) is 10.7. The topological polar surface area (TPSA) is 40.5 Å². The lowest BCUT2D eigenvalue weighted by Crippen LogP contribution is -2.54. The Morgan fingerprint density at radius 1 is 0.762 bits per heavy atom. The van der Waals surface area contributed by atoms with E-state index >= 15 is 0 Å². The Morgan fingerprint density at radius 3 is 2.29 bits per heavy atom. The van der Waals surface area contributed by atoms with E-state index in [-0.39, 0.29) is 17.6 Å². The molecular weight excluding hydrogens is 260 g/mol. The Hall–Kier alpha value is -0.0800. The van der Waals surface area contributed by atoms with E-state index in [0.717, 1.165) is 42.9 Å². The van der Waals surface area contributed by atoms with Gasteiger partial charge in [-0.05, 0) is 92.3 Å². The first-order chi connectivity index (χ1) is 9.95. The number of hydrogen-bond donors (Lipinski definition) is 2. The van der Waals surface area contributed by atoms with Gasteiger partial charge in [-0.2, -0.15) is 0 Å². The SMILES string of the molecule is C[C@]12CC[C@H](O)C[C@@H]1CC[C@H]1[C@H]3CC[C@@H](O)[C@@]3(C)CC[C@@H]12. The van der Waals surface area contributed by atoms with Crippen molar-refractivity contribution in [3.05, 3.63) is 0 Å². The Kier molecular flexibility index (Phi) is 3.25. The third-order valence-electron chi connectivity index (χ3n) is 8.59. The van der Waals surface area contributed by atoms with Crippen LogP contribution in [-0.2, 0) is 0 Å². The minimum atomic E-state index is -0.0536. The molecular formula is C19H32O2. The van der Waals surface area contributed by atoms with Crippen molar-refractivity contribution in [2.45, 2.75) is 83.8 Å². The zero-order chi connectivity index (χ0) is 14.8. The maximum absolute atomic E-state index is 10.5. The van der Waals surface area contributed by atoms with Gasteiger partial charge in [-0.15, -0.1) is 0 Å². The molecule has 0 spiro atoms. The first-order valence-electron chi connectivity index (χ1n) is 9.31. The van der Waals surface area contributed by atoms with E-state index < -0.39 is 0 Å². The van der Waals surface area contributed by atoms with Crippen LogP contribution in [0.4, 0.5) is 0 Å². The molecule has 4 rings (SSSR count). The van der Waals surface area contributed by atoms with Crippen molar-refractivity contribution >= 4 is 0 Å². The van der Waals surface area contributed by atoms with Gasteiger partial charge in [0.2, 0.25) is 0 Å². The van der Waals surface area contributed by atoms with E-state index in [1.165, 1.54) is 38.5 Å². The summed E-state index contributed by atoms with van der Waals surface area (Å²) in [5.74, 6) is 3.21. The van der Waals surface area contributed by atoms with Crippen molar-refractivity contribution in [3.8, 4) is 0 Å². The maximum atomic E-state index is 10.5. The molecule has 0 aromatic heterocycles. The molecule has 4 aliphatic carbocycles. The fourth-order valence-electron chi connectivity index (χ4n) is 7.21. The Morgan fingerprint density at radius 2 is 1.48 bits per heavy atom. The first kappa shape index (κ1) is 14.5. The van der Waals surface area contributed by atoms with Crippen molar-refractivity contribution in [2.75, 3.05) is 0 Å². The third-order valence-corrected chi connectivity index (χ3v) is 8.59. The van der Waals surface area contributed by atoms with Crippen LogP contribution in [-0.4, -0.2) is 22.4 Å². The predicted octanol–water partition coefficient (Wildman–Crippen LogP) is 3.75. The summed E-state index contributed by atoms with van der Waals surface area (Å²) < 4.78 is 0. The summed E-state index contributed by atoms with van der Waals surface area (Å²) in [4.78, 5) is 0. The molecule has 4 fully saturated rings. The standard InChI is InChI=1S/C19H32O2/c1-18-9-7-13(20)11-12(18)3-4-14-15-5-6-17(21)19(15,2)10-8-16(14)18/h12-17,20-21H,3-11H2,1-2H3/t12-,13-,14-,15+,16-,17+,18-,19-/m0/s1. The Balaban J connectivity index is 1.62. The number of rotatable bonds is 0. The van der Waals surface area contributed by atoms with Crippen molar-refractivity contribution < 1.29 is 10.2 Å². The zero-order valence-electron chi connectivity index (χ0n) is 13.7. The highest BCUT2D eigenvalue weighted by atomic mass is 16.3. The van der Waals surface area contributed by atoms with Crippen molar-refractivity contribution in [3.63, 3.8) is 0 Å². The number of aliphatic hydroxyl groups excluding tert-OH is 2. The van der Waals surface area contributed by atoms with Crippen LogP contribution in [0.1, 0.15) is 71.6 Å². The molecule has 4 saturated carbocycles. The zero-order valence-corrected chi connectivity index (χ0v) is 13.7. The van der Waals surface area contributed by atoms with Crippen LogP contribution in [0.25, 0.3) is 0 Å². The minimum absolute atomic E-state index is 0.0400. The van der Waals surface area contributed by atoms with Crippen molar-refractivity contribution in [1.82, 2.24) is 0 Å². The molecule has 0 bridgehead atoms. The van der Waals surface area contributed by atoms with Gasteiger partial charge in [0.1, 0.15) is 0 Å². The Bertz CT molecular complexity index is 422. The van der Waals surface area contributed by atoms with Crippen molar-refractivity contribution in [1.29, 1.82) is 0 Å². The lowest BCUT2D eigenvalue weighted by Gasteiger charge is -2.60. The number of fused-ring (bicyclic) bond motifs is 5. The number of aliphatic hydroxyl groups is 2. The number of hydrogen-bond acceptors (Lipinski definition) is 2. The second-order valence-electron chi connectivity index (χ2n) is 9.22. The third kappa shape index (κ3) is 1.91. The van der Waals surface area contributed by atoms with Crippen LogP contribution in [0.15, 0.2) is 0 Å². The maximum Gasteiger partial charge on any atom is 0.0596 e. The van der Waals surface area contributed by atoms with Crippen LogP contribution in [0.5, 0.6) is 0 Å². The average molecular weight is 292 g/mol. The minimum Gasteiger partial charge on any atom is -0.393 e. The summed E-state index contributed by atoms with van der Waals surface area (Å²) in [5.41, 5.74) is 0.676. The highest BCUT2D eigenvalue weighted by Crippen LogP contribution is 2.66. The van der Waals surface area contributed by atoms with Gasteiger partial charge in [0, 0.05) is 0 Å². The predicted molar refractivity (Wildman–Crippen MR) is 83.7 cm³/mol. The quantitative estimate of drug-likeness (QED) is 0.714. The lowest BCUT2D eigenvalue weighted by molar-refractivity contribution is -0.133. The molecule has 0 aromatic carbocycles. The van der Waals surface area contributed by atoms with E-state index in [4.69, 9.17) is 0 Å². The van der Waals surface area contributed by atoms with Gasteiger partial charge in [-0.25, -0.2) is 0 Å².